The van der Waals surface area contributed by atoms with E-state index in [1.54, 1.807) is 7.11 Å². The van der Waals surface area contributed by atoms with Crippen molar-refractivity contribution in [3.63, 3.8) is 0 Å². The fourth-order valence-corrected chi connectivity index (χ4v) is 5.19. The summed E-state index contributed by atoms with van der Waals surface area (Å²) in [6.45, 7) is 12.9. The second-order valence-corrected chi connectivity index (χ2v) is 9.84. The summed E-state index contributed by atoms with van der Waals surface area (Å²) in [5.74, 6) is 0.0206. The van der Waals surface area contributed by atoms with Crippen LogP contribution < -0.4 is 0 Å². The van der Waals surface area contributed by atoms with Gasteiger partial charge in [-0.15, -0.1) is 0 Å². The Kier molecular flexibility index (Phi) is 9.92. The maximum Gasteiger partial charge on any atom is 0.303 e. The molecule has 0 saturated carbocycles. The number of rotatable bonds is 9. The molecule has 2 fully saturated rings. The fraction of sp³-hybridized carbons (Fsp3) is 0.741. The van der Waals surface area contributed by atoms with Gasteiger partial charge in [-0.2, -0.15) is 0 Å². The molecular weight excluding hydrogens is 436 g/mol. The molecule has 0 radical (unpaired) electrons. The van der Waals surface area contributed by atoms with Crippen molar-refractivity contribution in [2.24, 2.45) is 23.7 Å². The number of hydrogen-bond donors (Lipinski definition) is 0. The second-order valence-electron chi connectivity index (χ2n) is 9.84. The number of carbonyl (C=O) groups is 1. The van der Waals surface area contributed by atoms with Gasteiger partial charge in [0.15, 0.2) is 18.7 Å². The molecule has 34 heavy (non-hydrogen) atoms. The highest BCUT2D eigenvalue weighted by Gasteiger charge is 2.49. The van der Waals surface area contributed by atoms with Crippen LogP contribution in [0, 0.1) is 23.7 Å². The minimum Gasteiger partial charge on any atom is -0.457 e. The molecule has 192 valence electrons. The molecule has 0 spiro atoms. The van der Waals surface area contributed by atoms with E-state index in [0.29, 0.717) is 13.2 Å². The second kappa shape index (κ2) is 12.5. The lowest BCUT2D eigenvalue weighted by Crippen LogP contribution is -2.57. The molecule has 2 aliphatic rings. The number of ether oxygens (including phenoxy) is 6. The molecule has 0 amide bonds. The van der Waals surface area contributed by atoms with E-state index in [1.807, 2.05) is 30.3 Å². The summed E-state index contributed by atoms with van der Waals surface area (Å²) in [6.07, 6.45) is -1.05. The molecule has 2 saturated heterocycles. The number of hydrogen-bond acceptors (Lipinski definition) is 7. The van der Waals surface area contributed by atoms with Crippen LogP contribution in [0.5, 0.6) is 0 Å². The molecule has 1 aromatic carbocycles. The SMILES string of the molecule is CCC1O[C@H](O[C@@H]2C(C)[C@@H](OC)OC(COCc3ccccc3)[C@H]2C)C(OC(C)=O)[C@@H](C)[C@@H]1C. The van der Waals surface area contributed by atoms with Crippen LogP contribution >= 0.6 is 0 Å². The van der Waals surface area contributed by atoms with Gasteiger partial charge >= 0.3 is 5.97 Å². The normalized spacial score (nSPS) is 38.4. The first kappa shape index (κ1) is 27.1. The van der Waals surface area contributed by atoms with Gasteiger partial charge in [0.05, 0.1) is 31.5 Å². The van der Waals surface area contributed by atoms with Crippen LogP contribution in [0.4, 0.5) is 0 Å². The summed E-state index contributed by atoms with van der Waals surface area (Å²) in [6, 6.07) is 10.1. The zero-order valence-electron chi connectivity index (χ0n) is 21.6. The Labute approximate surface area is 204 Å². The van der Waals surface area contributed by atoms with Gasteiger partial charge < -0.3 is 28.4 Å². The molecule has 10 atom stereocenters. The predicted octanol–water partition coefficient (Wildman–Crippen LogP) is 4.57. The maximum absolute atomic E-state index is 11.9. The summed E-state index contributed by atoms with van der Waals surface area (Å²) in [5.41, 5.74) is 1.11. The van der Waals surface area contributed by atoms with E-state index in [-0.39, 0.29) is 48.0 Å². The highest BCUT2D eigenvalue weighted by atomic mass is 16.7. The molecule has 7 nitrogen and oxygen atoms in total. The van der Waals surface area contributed by atoms with E-state index in [9.17, 15) is 4.79 Å². The van der Waals surface area contributed by atoms with Crippen molar-refractivity contribution in [3.05, 3.63) is 35.9 Å². The minimum atomic E-state index is -0.642. The highest BCUT2D eigenvalue weighted by Crippen LogP contribution is 2.39. The van der Waals surface area contributed by atoms with E-state index in [0.717, 1.165) is 12.0 Å². The molecule has 3 rings (SSSR count). The minimum absolute atomic E-state index is 0.0217. The van der Waals surface area contributed by atoms with Crippen molar-refractivity contribution in [1.82, 2.24) is 0 Å². The molecule has 1 aromatic rings. The number of methoxy groups -OCH3 is 1. The molecule has 0 N–H and O–H groups in total. The summed E-state index contributed by atoms with van der Waals surface area (Å²) in [4.78, 5) is 11.9. The van der Waals surface area contributed by atoms with Gasteiger partial charge in [0, 0.05) is 31.8 Å². The van der Waals surface area contributed by atoms with Crippen molar-refractivity contribution in [2.45, 2.75) is 91.6 Å². The molecule has 0 bridgehead atoms. The lowest BCUT2D eigenvalue weighted by Gasteiger charge is -2.48. The summed E-state index contributed by atoms with van der Waals surface area (Å²) >= 11 is 0. The number of esters is 1. The predicted molar refractivity (Wildman–Crippen MR) is 128 cm³/mol. The number of carbonyl (C=O) groups excluding carboxylic acids is 1. The van der Waals surface area contributed by atoms with Crippen LogP contribution in [0.1, 0.15) is 53.5 Å². The van der Waals surface area contributed by atoms with Gasteiger partial charge in [0.2, 0.25) is 0 Å². The van der Waals surface area contributed by atoms with Crippen LogP contribution in [-0.4, -0.2) is 56.7 Å². The first-order valence-corrected chi connectivity index (χ1v) is 12.5. The molecule has 7 heteroatoms. The monoisotopic (exact) mass is 478 g/mol. The van der Waals surface area contributed by atoms with Crippen molar-refractivity contribution < 1.29 is 33.2 Å². The van der Waals surface area contributed by atoms with Gasteiger partial charge in [-0.3, -0.25) is 4.79 Å². The van der Waals surface area contributed by atoms with Crippen molar-refractivity contribution >= 4 is 5.97 Å². The van der Waals surface area contributed by atoms with Gasteiger partial charge in [0.25, 0.3) is 0 Å². The van der Waals surface area contributed by atoms with Crippen LogP contribution in [0.15, 0.2) is 30.3 Å². The number of benzene rings is 1. The Hall–Kier alpha value is -1.51. The fourth-order valence-electron chi connectivity index (χ4n) is 5.19. The van der Waals surface area contributed by atoms with Crippen molar-refractivity contribution in [1.29, 1.82) is 0 Å². The Morgan fingerprint density at radius 1 is 0.882 bits per heavy atom. The zero-order valence-corrected chi connectivity index (χ0v) is 21.6. The molecule has 0 aromatic heterocycles. The highest BCUT2D eigenvalue weighted by molar-refractivity contribution is 5.66. The standard InChI is InChI=1S/C27H42O7/c1-8-22-16(2)17(3)25(31-20(6)28)27(32-22)34-24-18(4)23(33-26(29-7)19(24)5)15-30-14-21-12-10-9-11-13-21/h9-13,16-19,22-27H,8,14-15H2,1-7H3/t16-,17-,18+,19?,22?,23?,24-,25?,26-,27+/m0/s1. The largest absolute Gasteiger partial charge is 0.457 e. The van der Waals surface area contributed by atoms with Gasteiger partial charge in [-0.05, 0) is 17.9 Å². The smallest absolute Gasteiger partial charge is 0.303 e. The molecule has 2 aliphatic heterocycles. The Morgan fingerprint density at radius 3 is 2.18 bits per heavy atom. The van der Waals surface area contributed by atoms with E-state index in [2.05, 4.69) is 34.6 Å². The third kappa shape index (κ3) is 6.38. The van der Waals surface area contributed by atoms with Crippen molar-refractivity contribution in [3.8, 4) is 0 Å². The van der Waals surface area contributed by atoms with Crippen LogP contribution in [0.3, 0.4) is 0 Å². The quantitative estimate of drug-likeness (QED) is 0.482. The summed E-state index contributed by atoms with van der Waals surface area (Å²) in [7, 11) is 1.64. The molecule has 4 unspecified atom stereocenters. The topological polar surface area (TPSA) is 72.5 Å². The van der Waals surface area contributed by atoms with Gasteiger partial charge in [0.1, 0.15) is 0 Å². The van der Waals surface area contributed by atoms with Crippen LogP contribution in [-0.2, 0) is 39.8 Å². The Bertz CT molecular complexity index is 757. The lowest BCUT2D eigenvalue weighted by atomic mass is 9.82. The Balaban J connectivity index is 1.73. The zero-order chi connectivity index (χ0) is 24.8. The van der Waals surface area contributed by atoms with E-state index >= 15 is 0 Å². The van der Waals surface area contributed by atoms with Gasteiger partial charge in [-0.25, -0.2) is 0 Å². The maximum atomic E-state index is 11.9. The average Bonchev–Trinajstić information content (AvgIpc) is 2.82. The Morgan fingerprint density at radius 2 is 1.56 bits per heavy atom. The molecule has 2 heterocycles. The third-order valence-electron chi connectivity index (χ3n) is 7.49. The third-order valence-corrected chi connectivity index (χ3v) is 7.49. The van der Waals surface area contributed by atoms with Gasteiger partial charge in [-0.1, -0.05) is 65.0 Å². The van der Waals surface area contributed by atoms with Crippen LogP contribution in [0.25, 0.3) is 0 Å². The van der Waals surface area contributed by atoms with E-state index < -0.39 is 18.7 Å². The summed E-state index contributed by atoms with van der Waals surface area (Å²) < 4.78 is 36.6. The van der Waals surface area contributed by atoms with Crippen molar-refractivity contribution in [2.75, 3.05) is 13.7 Å². The summed E-state index contributed by atoms with van der Waals surface area (Å²) in [5, 5.41) is 0. The molecular formula is C27H42O7. The first-order valence-electron chi connectivity index (χ1n) is 12.5. The average molecular weight is 479 g/mol. The van der Waals surface area contributed by atoms with E-state index in [4.69, 9.17) is 28.4 Å². The van der Waals surface area contributed by atoms with Crippen LogP contribution in [0.2, 0.25) is 0 Å². The molecule has 0 aliphatic carbocycles. The lowest BCUT2D eigenvalue weighted by molar-refractivity contribution is -0.331. The van der Waals surface area contributed by atoms with E-state index in [1.165, 1.54) is 6.92 Å². The first-order chi connectivity index (χ1) is 16.3.